The van der Waals surface area contributed by atoms with Crippen molar-refractivity contribution in [3.63, 3.8) is 0 Å². The normalized spacial score (nSPS) is 16.2. The van der Waals surface area contributed by atoms with E-state index in [1.54, 1.807) is 7.11 Å². The van der Waals surface area contributed by atoms with Gasteiger partial charge in [0.2, 0.25) is 0 Å². The fourth-order valence-electron chi connectivity index (χ4n) is 4.08. The number of nitrogens with zero attached hydrogens (tertiary/aromatic N) is 6. The molecule has 0 spiro atoms. The average molecular weight is 419 g/mol. The molecule has 0 radical (unpaired) electrons. The Morgan fingerprint density at radius 2 is 1.74 bits per heavy atom. The molecule has 1 aliphatic heterocycles. The van der Waals surface area contributed by atoms with Crippen LogP contribution < -0.4 is 4.74 Å². The van der Waals surface area contributed by atoms with Crippen molar-refractivity contribution in [2.45, 2.75) is 19.5 Å². The fourth-order valence-corrected chi connectivity index (χ4v) is 4.08. The minimum atomic E-state index is 0.0136. The van der Waals surface area contributed by atoms with Crippen molar-refractivity contribution in [1.29, 1.82) is 0 Å². The largest absolute Gasteiger partial charge is 0.497 e. The number of methoxy groups -OCH3 is 1. The Kier molecular flexibility index (Phi) is 6.74. The summed E-state index contributed by atoms with van der Waals surface area (Å²) < 4.78 is 7.19. The van der Waals surface area contributed by atoms with E-state index in [0.717, 1.165) is 49.9 Å². The number of aromatic nitrogens is 4. The molecule has 1 atom stereocenters. The van der Waals surface area contributed by atoms with Crippen LogP contribution in [0.2, 0.25) is 0 Å². The Bertz CT molecular complexity index is 974. The maximum atomic E-state index is 5.28. The maximum Gasteiger partial charge on any atom is 0.173 e. The summed E-state index contributed by atoms with van der Waals surface area (Å²) in [5, 5.41) is 12.9. The number of piperazine rings is 1. The van der Waals surface area contributed by atoms with Crippen molar-refractivity contribution < 1.29 is 4.74 Å². The van der Waals surface area contributed by atoms with Crippen LogP contribution in [0.3, 0.4) is 0 Å². The Labute approximate surface area is 183 Å². The van der Waals surface area contributed by atoms with Gasteiger partial charge in [-0.1, -0.05) is 48.0 Å². The van der Waals surface area contributed by atoms with Gasteiger partial charge in [-0.15, -0.1) is 11.7 Å². The molecule has 2 heterocycles. The first kappa shape index (κ1) is 21.2. The predicted molar refractivity (Wildman–Crippen MR) is 121 cm³/mol. The molecule has 0 bridgehead atoms. The van der Waals surface area contributed by atoms with Gasteiger partial charge in [0.1, 0.15) is 5.75 Å². The number of ether oxygens (including phenoxy) is 1. The van der Waals surface area contributed by atoms with Gasteiger partial charge in [0, 0.05) is 32.7 Å². The molecule has 1 saturated heterocycles. The first-order chi connectivity index (χ1) is 15.2. The van der Waals surface area contributed by atoms with Gasteiger partial charge in [0.05, 0.1) is 19.7 Å². The second kappa shape index (κ2) is 9.85. The SMILES string of the molecule is C=CCN1CCN(C(c2ccc(C)cc2)c2nnnn2Cc2ccc(OC)cc2)CC1. The highest BCUT2D eigenvalue weighted by Gasteiger charge is 2.30. The highest BCUT2D eigenvalue weighted by molar-refractivity contribution is 5.30. The molecule has 0 aliphatic carbocycles. The summed E-state index contributed by atoms with van der Waals surface area (Å²) in [4.78, 5) is 4.91. The maximum absolute atomic E-state index is 5.28. The van der Waals surface area contributed by atoms with Crippen molar-refractivity contribution in [3.05, 3.63) is 83.7 Å². The molecular formula is C24H30N6O. The molecule has 31 heavy (non-hydrogen) atoms. The van der Waals surface area contributed by atoms with Crippen molar-refractivity contribution in [2.24, 2.45) is 0 Å². The van der Waals surface area contributed by atoms with Gasteiger partial charge in [-0.3, -0.25) is 9.80 Å². The molecule has 1 aliphatic rings. The first-order valence-electron chi connectivity index (χ1n) is 10.7. The third-order valence-corrected chi connectivity index (χ3v) is 5.85. The molecular weight excluding hydrogens is 388 g/mol. The van der Waals surface area contributed by atoms with Crippen LogP contribution in [0.25, 0.3) is 0 Å². The summed E-state index contributed by atoms with van der Waals surface area (Å²) >= 11 is 0. The van der Waals surface area contributed by atoms with Crippen LogP contribution in [-0.4, -0.2) is 69.8 Å². The highest BCUT2D eigenvalue weighted by Crippen LogP contribution is 2.29. The van der Waals surface area contributed by atoms with Crippen molar-refractivity contribution in [3.8, 4) is 5.75 Å². The summed E-state index contributed by atoms with van der Waals surface area (Å²) in [5.74, 6) is 1.72. The molecule has 7 nitrogen and oxygen atoms in total. The first-order valence-corrected chi connectivity index (χ1v) is 10.7. The molecule has 162 valence electrons. The predicted octanol–water partition coefficient (Wildman–Crippen LogP) is 2.93. The monoisotopic (exact) mass is 418 g/mol. The third-order valence-electron chi connectivity index (χ3n) is 5.85. The molecule has 1 unspecified atom stereocenters. The number of rotatable bonds is 8. The lowest BCUT2D eigenvalue weighted by molar-refractivity contribution is 0.112. The Balaban J connectivity index is 1.62. The van der Waals surface area contributed by atoms with Crippen LogP contribution in [0.5, 0.6) is 5.75 Å². The van der Waals surface area contributed by atoms with E-state index in [1.807, 2.05) is 22.9 Å². The van der Waals surface area contributed by atoms with E-state index in [-0.39, 0.29) is 6.04 Å². The molecule has 0 N–H and O–H groups in total. The fraction of sp³-hybridized carbons (Fsp3) is 0.375. The molecule has 1 fully saturated rings. The standard InChI is InChI=1S/C24H30N6O/c1-4-13-28-14-16-29(17-15-28)23(21-9-5-19(2)6-10-21)24-25-26-27-30(24)18-20-7-11-22(31-3)12-8-20/h4-12,23H,1,13-18H2,2-3H3. The van der Waals surface area contributed by atoms with Crippen molar-refractivity contribution in [2.75, 3.05) is 39.8 Å². The number of hydrogen-bond donors (Lipinski definition) is 0. The lowest BCUT2D eigenvalue weighted by atomic mass is 10.0. The summed E-state index contributed by atoms with van der Waals surface area (Å²) in [5.41, 5.74) is 3.59. The Hall–Kier alpha value is -3.03. The smallest absolute Gasteiger partial charge is 0.173 e. The van der Waals surface area contributed by atoms with Gasteiger partial charge < -0.3 is 4.74 Å². The zero-order valence-corrected chi connectivity index (χ0v) is 18.3. The zero-order valence-electron chi connectivity index (χ0n) is 18.3. The van der Waals surface area contributed by atoms with E-state index in [9.17, 15) is 0 Å². The quantitative estimate of drug-likeness (QED) is 0.524. The third kappa shape index (κ3) is 5.00. The Morgan fingerprint density at radius 3 is 2.39 bits per heavy atom. The van der Waals surface area contributed by atoms with E-state index in [1.165, 1.54) is 11.1 Å². The van der Waals surface area contributed by atoms with E-state index in [2.05, 4.69) is 75.2 Å². The van der Waals surface area contributed by atoms with Crippen LogP contribution in [0.15, 0.2) is 61.2 Å². The van der Waals surface area contributed by atoms with Gasteiger partial charge in [-0.25, -0.2) is 4.68 Å². The molecule has 4 rings (SSSR count). The van der Waals surface area contributed by atoms with Gasteiger partial charge in [-0.2, -0.15) is 0 Å². The van der Waals surface area contributed by atoms with Gasteiger partial charge in [-0.05, 0) is 40.6 Å². The molecule has 2 aromatic carbocycles. The van der Waals surface area contributed by atoms with Crippen LogP contribution in [0, 0.1) is 6.92 Å². The van der Waals surface area contributed by atoms with Crippen LogP contribution in [0.1, 0.15) is 28.6 Å². The van der Waals surface area contributed by atoms with Crippen LogP contribution in [0.4, 0.5) is 0 Å². The summed E-state index contributed by atoms with van der Waals surface area (Å²) in [6, 6.07) is 16.8. The van der Waals surface area contributed by atoms with E-state index in [4.69, 9.17) is 4.74 Å². The van der Waals surface area contributed by atoms with Crippen molar-refractivity contribution in [1.82, 2.24) is 30.0 Å². The molecule has 1 aromatic heterocycles. The van der Waals surface area contributed by atoms with E-state index in [0.29, 0.717) is 6.54 Å². The lowest BCUT2D eigenvalue weighted by Crippen LogP contribution is -2.48. The average Bonchev–Trinajstić information content (AvgIpc) is 3.25. The lowest BCUT2D eigenvalue weighted by Gasteiger charge is -2.38. The van der Waals surface area contributed by atoms with Crippen molar-refractivity contribution >= 4 is 0 Å². The minimum Gasteiger partial charge on any atom is -0.497 e. The topological polar surface area (TPSA) is 59.3 Å². The number of aryl methyl sites for hydroxylation is 1. The minimum absolute atomic E-state index is 0.0136. The molecule has 0 saturated carbocycles. The number of tetrazole rings is 1. The van der Waals surface area contributed by atoms with Gasteiger partial charge in [0.15, 0.2) is 5.82 Å². The second-order valence-electron chi connectivity index (χ2n) is 7.98. The number of hydrogen-bond acceptors (Lipinski definition) is 6. The van der Waals surface area contributed by atoms with Gasteiger partial charge >= 0.3 is 0 Å². The molecule has 7 heteroatoms. The van der Waals surface area contributed by atoms with Gasteiger partial charge in [0.25, 0.3) is 0 Å². The Morgan fingerprint density at radius 1 is 1.03 bits per heavy atom. The van der Waals surface area contributed by atoms with Crippen LogP contribution in [-0.2, 0) is 6.54 Å². The summed E-state index contributed by atoms with van der Waals surface area (Å²) in [6.07, 6.45) is 1.97. The molecule has 0 amide bonds. The van der Waals surface area contributed by atoms with E-state index < -0.39 is 0 Å². The van der Waals surface area contributed by atoms with E-state index >= 15 is 0 Å². The second-order valence-corrected chi connectivity index (χ2v) is 7.98. The summed E-state index contributed by atoms with van der Waals surface area (Å²) in [7, 11) is 1.68. The number of benzene rings is 2. The highest BCUT2D eigenvalue weighted by atomic mass is 16.5. The summed E-state index contributed by atoms with van der Waals surface area (Å²) in [6.45, 7) is 11.5. The molecule has 3 aromatic rings. The van der Waals surface area contributed by atoms with Crippen LogP contribution >= 0.6 is 0 Å². The zero-order chi connectivity index (χ0) is 21.6.